The summed E-state index contributed by atoms with van der Waals surface area (Å²) in [6.45, 7) is 5.73. The monoisotopic (exact) mass is 431 g/mol. The molecule has 1 aliphatic rings. The van der Waals surface area contributed by atoms with Crippen LogP contribution in [0.15, 0.2) is 23.3 Å². The standard InChI is InChI=1S/C19H28F3N5O3/c1-18(2,3)30-17(28)26-14-7-8-27(11-14)16(23-4)25-10-13-5-6-15(24-9-13)29-12-19(20,21)22/h5-6,9,14H,7-8,10-12H2,1-4H3,(H,23,25)(H,26,28). The zero-order valence-electron chi connectivity index (χ0n) is 17.5. The number of amides is 1. The maximum atomic E-state index is 12.2. The number of alkyl carbamates (subject to hydrolysis) is 1. The van der Waals surface area contributed by atoms with Gasteiger partial charge in [0.2, 0.25) is 5.88 Å². The Bertz CT molecular complexity index is 732. The molecule has 1 fully saturated rings. The minimum Gasteiger partial charge on any atom is -0.468 e. The van der Waals surface area contributed by atoms with Crippen LogP contribution in [0.25, 0.3) is 0 Å². The van der Waals surface area contributed by atoms with Gasteiger partial charge in [0.15, 0.2) is 12.6 Å². The van der Waals surface area contributed by atoms with E-state index in [1.54, 1.807) is 13.1 Å². The summed E-state index contributed by atoms with van der Waals surface area (Å²) in [5.41, 5.74) is 0.208. The number of hydrogen-bond donors (Lipinski definition) is 2. The molecule has 1 aromatic heterocycles. The zero-order valence-corrected chi connectivity index (χ0v) is 17.5. The lowest BCUT2D eigenvalue weighted by Gasteiger charge is -2.23. The van der Waals surface area contributed by atoms with Gasteiger partial charge < -0.3 is 25.0 Å². The summed E-state index contributed by atoms with van der Waals surface area (Å²) in [6.07, 6.45) is -2.65. The van der Waals surface area contributed by atoms with E-state index in [0.717, 1.165) is 12.0 Å². The lowest BCUT2D eigenvalue weighted by atomic mass is 10.2. The van der Waals surface area contributed by atoms with E-state index < -0.39 is 24.5 Å². The highest BCUT2D eigenvalue weighted by Gasteiger charge is 2.29. The highest BCUT2D eigenvalue weighted by atomic mass is 19.4. The van der Waals surface area contributed by atoms with Crippen LogP contribution in [0, 0.1) is 0 Å². The van der Waals surface area contributed by atoms with E-state index in [4.69, 9.17) is 4.74 Å². The second-order valence-electron chi connectivity index (χ2n) is 7.89. The fraction of sp³-hybridized carbons (Fsp3) is 0.632. The van der Waals surface area contributed by atoms with Gasteiger partial charge in [0, 0.05) is 38.9 Å². The van der Waals surface area contributed by atoms with Gasteiger partial charge in [0.25, 0.3) is 0 Å². The van der Waals surface area contributed by atoms with Crippen molar-refractivity contribution in [1.82, 2.24) is 20.5 Å². The summed E-state index contributed by atoms with van der Waals surface area (Å²) >= 11 is 0. The summed E-state index contributed by atoms with van der Waals surface area (Å²) in [6, 6.07) is 2.97. The summed E-state index contributed by atoms with van der Waals surface area (Å²) in [4.78, 5) is 22.1. The number of pyridine rings is 1. The summed E-state index contributed by atoms with van der Waals surface area (Å²) < 4.78 is 46.4. The van der Waals surface area contributed by atoms with Gasteiger partial charge in [0.1, 0.15) is 5.60 Å². The van der Waals surface area contributed by atoms with Gasteiger partial charge in [-0.05, 0) is 32.8 Å². The molecule has 0 spiro atoms. The fourth-order valence-corrected chi connectivity index (χ4v) is 2.81. The van der Waals surface area contributed by atoms with E-state index in [9.17, 15) is 18.0 Å². The summed E-state index contributed by atoms with van der Waals surface area (Å²) in [7, 11) is 1.66. The molecule has 1 aromatic rings. The fourth-order valence-electron chi connectivity index (χ4n) is 2.81. The molecular formula is C19H28F3N5O3. The molecule has 1 aliphatic heterocycles. The number of rotatable bonds is 5. The quantitative estimate of drug-likeness (QED) is 0.551. The van der Waals surface area contributed by atoms with Crippen LogP contribution in [0.4, 0.5) is 18.0 Å². The molecule has 2 N–H and O–H groups in total. The van der Waals surface area contributed by atoms with E-state index in [-0.39, 0.29) is 11.9 Å². The topological polar surface area (TPSA) is 88.1 Å². The number of likely N-dealkylation sites (tertiary alicyclic amines) is 1. The van der Waals surface area contributed by atoms with Crippen molar-refractivity contribution >= 4 is 12.1 Å². The molecule has 2 heterocycles. The number of aliphatic imine (C=N–C) groups is 1. The third-order valence-electron chi connectivity index (χ3n) is 4.05. The van der Waals surface area contributed by atoms with Crippen LogP contribution in [-0.4, -0.2) is 66.5 Å². The molecule has 1 amide bonds. The number of carbonyl (C=O) groups is 1. The number of nitrogens with one attached hydrogen (secondary N) is 2. The maximum Gasteiger partial charge on any atom is 0.422 e. The van der Waals surface area contributed by atoms with Crippen LogP contribution in [-0.2, 0) is 11.3 Å². The first kappa shape index (κ1) is 23.6. The third-order valence-corrected chi connectivity index (χ3v) is 4.05. The number of ether oxygens (including phenoxy) is 2. The minimum atomic E-state index is -4.40. The van der Waals surface area contributed by atoms with Crippen molar-refractivity contribution in [3.63, 3.8) is 0 Å². The van der Waals surface area contributed by atoms with Crippen LogP contribution < -0.4 is 15.4 Å². The number of hydrogen-bond acceptors (Lipinski definition) is 5. The van der Waals surface area contributed by atoms with Gasteiger partial charge in [-0.2, -0.15) is 13.2 Å². The Morgan fingerprint density at radius 1 is 1.33 bits per heavy atom. The van der Waals surface area contributed by atoms with Crippen LogP contribution in [0.3, 0.4) is 0 Å². The number of guanidine groups is 1. The Labute approximate surface area is 173 Å². The first-order valence-electron chi connectivity index (χ1n) is 9.55. The van der Waals surface area contributed by atoms with Crippen molar-refractivity contribution in [2.24, 2.45) is 4.99 Å². The Morgan fingerprint density at radius 3 is 2.63 bits per heavy atom. The Hall–Kier alpha value is -2.72. The van der Waals surface area contributed by atoms with Crippen molar-refractivity contribution in [2.75, 3.05) is 26.7 Å². The number of alkyl halides is 3. The highest BCUT2D eigenvalue weighted by molar-refractivity contribution is 5.80. The van der Waals surface area contributed by atoms with E-state index >= 15 is 0 Å². The zero-order chi connectivity index (χ0) is 22.4. The van der Waals surface area contributed by atoms with Crippen LogP contribution in [0.1, 0.15) is 32.8 Å². The van der Waals surface area contributed by atoms with Gasteiger partial charge in [-0.15, -0.1) is 0 Å². The van der Waals surface area contributed by atoms with Gasteiger partial charge in [0.05, 0.1) is 6.04 Å². The van der Waals surface area contributed by atoms with E-state index in [2.05, 4.69) is 25.3 Å². The Morgan fingerprint density at radius 2 is 2.07 bits per heavy atom. The van der Waals surface area contributed by atoms with Gasteiger partial charge in [-0.3, -0.25) is 4.99 Å². The van der Waals surface area contributed by atoms with E-state index in [1.165, 1.54) is 12.3 Å². The second-order valence-corrected chi connectivity index (χ2v) is 7.89. The molecule has 1 atom stereocenters. The molecule has 0 bridgehead atoms. The van der Waals surface area contributed by atoms with Crippen molar-refractivity contribution in [3.8, 4) is 5.88 Å². The SMILES string of the molecule is CN=C(NCc1ccc(OCC(F)(F)F)nc1)N1CCC(NC(=O)OC(C)(C)C)C1. The molecule has 1 saturated heterocycles. The van der Waals surface area contributed by atoms with Crippen molar-refractivity contribution < 1.29 is 27.4 Å². The number of nitrogens with zero attached hydrogens (tertiary/aromatic N) is 3. The molecule has 0 aromatic carbocycles. The van der Waals surface area contributed by atoms with Crippen molar-refractivity contribution in [2.45, 2.75) is 51.6 Å². The predicted molar refractivity (Wildman–Crippen MR) is 105 cm³/mol. The normalized spacial score (nSPS) is 17.6. The lowest BCUT2D eigenvalue weighted by molar-refractivity contribution is -0.154. The first-order chi connectivity index (χ1) is 13.9. The van der Waals surface area contributed by atoms with Crippen LogP contribution >= 0.6 is 0 Å². The maximum absolute atomic E-state index is 12.2. The lowest BCUT2D eigenvalue weighted by Crippen LogP contribution is -2.44. The molecule has 1 unspecified atom stereocenters. The number of halogens is 3. The Kier molecular flexibility index (Phi) is 7.74. The van der Waals surface area contributed by atoms with E-state index in [1.807, 2.05) is 25.7 Å². The number of carbonyl (C=O) groups excluding carboxylic acids is 1. The van der Waals surface area contributed by atoms with Crippen LogP contribution in [0.2, 0.25) is 0 Å². The molecule has 0 saturated carbocycles. The molecule has 0 aliphatic carbocycles. The molecule has 8 nitrogen and oxygen atoms in total. The largest absolute Gasteiger partial charge is 0.468 e. The first-order valence-corrected chi connectivity index (χ1v) is 9.55. The summed E-state index contributed by atoms with van der Waals surface area (Å²) in [5.74, 6) is 0.567. The van der Waals surface area contributed by atoms with Gasteiger partial charge in [-0.1, -0.05) is 6.07 Å². The Balaban J connectivity index is 1.80. The second kappa shape index (κ2) is 9.86. The molecule has 2 rings (SSSR count). The highest BCUT2D eigenvalue weighted by Crippen LogP contribution is 2.17. The molecule has 168 valence electrons. The van der Waals surface area contributed by atoms with Crippen molar-refractivity contribution in [1.29, 1.82) is 0 Å². The average molecular weight is 431 g/mol. The third kappa shape index (κ3) is 8.34. The molecule has 0 radical (unpaired) electrons. The molecule has 30 heavy (non-hydrogen) atoms. The minimum absolute atomic E-state index is 0.0508. The summed E-state index contributed by atoms with van der Waals surface area (Å²) in [5, 5.41) is 6.04. The van der Waals surface area contributed by atoms with Crippen molar-refractivity contribution in [3.05, 3.63) is 23.9 Å². The smallest absolute Gasteiger partial charge is 0.422 e. The van der Waals surface area contributed by atoms with E-state index in [0.29, 0.717) is 25.6 Å². The molecule has 11 heteroatoms. The number of aromatic nitrogens is 1. The van der Waals surface area contributed by atoms with Gasteiger partial charge in [-0.25, -0.2) is 9.78 Å². The average Bonchev–Trinajstić information content (AvgIpc) is 3.07. The van der Waals surface area contributed by atoms with Gasteiger partial charge >= 0.3 is 12.3 Å². The van der Waals surface area contributed by atoms with Crippen LogP contribution in [0.5, 0.6) is 5.88 Å². The molecular weight excluding hydrogens is 403 g/mol. The predicted octanol–water partition coefficient (Wildman–Crippen LogP) is 2.70.